The summed E-state index contributed by atoms with van der Waals surface area (Å²) >= 11 is 0. The van der Waals surface area contributed by atoms with Gasteiger partial charge in [0.25, 0.3) is 0 Å². The molecule has 4 rings (SSSR count). The summed E-state index contributed by atoms with van der Waals surface area (Å²) in [7, 11) is 0. The number of fused-ring (bicyclic) bond motifs is 1. The third-order valence-corrected chi connectivity index (χ3v) is 6.16. The quantitative estimate of drug-likeness (QED) is 0.600. The van der Waals surface area contributed by atoms with Crippen LogP contribution in [0.2, 0.25) is 0 Å². The van der Waals surface area contributed by atoms with E-state index in [2.05, 4.69) is 26.3 Å². The Balaban J connectivity index is 1.34. The number of hydrogen-bond acceptors (Lipinski definition) is 5. The van der Waals surface area contributed by atoms with Crippen LogP contribution in [0.25, 0.3) is 0 Å². The van der Waals surface area contributed by atoms with E-state index in [1.807, 2.05) is 19.1 Å². The fourth-order valence-corrected chi connectivity index (χ4v) is 4.94. The van der Waals surface area contributed by atoms with Crippen molar-refractivity contribution < 1.29 is 9.53 Å². The lowest BCUT2D eigenvalue weighted by atomic mass is 9.73. The van der Waals surface area contributed by atoms with Crippen LogP contribution in [0.15, 0.2) is 30.6 Å². The summed E-state index contributed by atoms with van der Waals surface area (Å²) in [6.07, 6.45) is 12.7. The molecule has 1 amide bonds. The normalized spacial score (nSPS) is 32.3. The van der Waals surface area contributed by atoms with Crippen molar-refractivity contribution in [2.75, 3.05) is 24.5 Å². The van der Waals surface area contributed by atoms with Gasteiger partial charge in [-0.2, -0.15) is 0 Å². The first-order valence-electron chi connectivity index (χ1n) is 9.79. The van der Waals surface area contributed by atoms with Gasteiger partial charge in [0.15, 0.2) is 0 Å². The van der Waals surface area contributed by atoms with Crippen molar-refractivity contribution in [1.82, 2.24) is 15.3 Å². The van der Waals surface area contributed by atoms with Gasteiger partial charge in [-0.15, -0.1) is 0 Å². The van der Waals surface area contributed by atoms with Crippen LogP contribution in [0.3, 0.4) is 0 Å². The lowest BCUT2D eigenvalue weighted by Gasteiger charge is -2.29. The molecule has 3 fully saturated rings. The van der Waals surface area contributed by atoms with Gasteiger partial charge in [-0.3, -0.25) is 4.79 Å². The number of nitrogens with zero attached hydrogens (tertiary/aromatic N) is 3. The maximum atomic E-state index is 12.1. The number of rotatable bonds is 7. The van der Waals surface area contributed by atoms with E-state index < -0.39 is 0 Å². The number of amides is 1. The summed E-state index contributed by atoms with van der Waals surface area (Å²) in [6.45, 7) is 4.52. The maximum absolute atomic E-state index is 12.1. The summed E-state index contributed by atoms with van der Waals surface area (Å²) < 4.78 is 6.44. The first-order chi connectivity index (χ1) is 12.7. The van der Waals surface area contributed by atoms with Crippen LogP contribution in [0, 0.1) is 11.8 Å². The molecule has 1 aromatic rings. The Labute approximate surface area is 155 Å². The maximum Gasteiger partial charge on any atom is 0.225 e. The Morgan fingerprint density at radius 1 is 1.46 bits per heavy atom. The van der Waals surface area contributed by atoms with E-state index in [-0.39, 0.29) is 11.5 Å². The zero-order chi connectivity index (χ0) is 18.0. The highest BCUT2D eigenvalue weighted by atomic mass is 16.5. The molecule has 3 saturated heterocycles. The Morgan fingerprint density at radius 3 is 3.12 bits per heavy atom. The van der Waals surface area contributed by atoms with Crippen molar-refractivity contribution in [2.45, 2.75) is 50.7 Å². The van der Waals surface area contributed by atoms with Crippen LogP contribution in [0.4, 0.5) is 5.95 Å². The van der Waals surface area contributed by atoms with Crippen LogP contribution < -0.4 is 10.2 Å². The van der Waals surface area contributed by atoms with Crippen molar-refractivity contribution in [2.24, 2.45) is 11.8 Å². The molecule has 3 aliphatic heterocycles. The molecule has 6 nitrogen and oxygen atoms in total. The largest absolute Gasteiger partial charge is 0.369 e. The number of nitrogens with one attached hydrogen (secondary N) is 1. The summed E-state index contributed by atoms with van der Waals surface area (Å²) in [4.78, 5) is 23.2. The van der Waals surface area contributed by atoms with Gasteiger partial charge in [0.05, 0.1) is 18.2 Å². The van der Waals surface area contributed by atoms with Gasteiger partial charge in [-0.05, 0) is 38.7 Å². The van der Waals surface area contributed by atoms with Crippen molar-refractivity contribution in [3.8, 4) is 0 Å². The van der Waals surface area contributed by atoms with Crippen LogP contribution in [-0.4, -0.2) is 47.2 Å². The second-order valence-electron chi connectivity index (χ2n) is 7.72. The van der Waals surface area contributed by atoms with Gasteiger partial charge >= 0.3 is 0 Å². The fraction of sp³-hybridized carbons (Fsp3) is 0.650. The molecule has 3 aliphatic rings. The monoisotopic (exact) mass is 356 g/mol. The Morgan fingerprint density at radius 2 is 2.31 bits per heavy atom. The number of aromatic nitrogens is 2. The molecule has 0 aromatic carbocycles. The lowest BCUT2D eigenvalue weighted by Crippen LogP contribution is -2.41. The second-order valence-corrected chi connectivity index (χ2v) is 7.72. The van der Waals surface area contributed by atoms with Gasteiger partial charge < -0.3 is 15.0 Å². The van der Waals surface area contributed by atoms with Crippen molar-refractivity contribution in [1.29, 1.82) is 0 Å². The molecule has 4 atom stereocenters. The lowest BCUT2D eigenvalue weighted by molar-refractivity contribution is -0.121. The van der Waals surface area contributed by atoms with E-state index >= 15 is 0 Å². The van der Waals surface area contributed by atoms with Gasteiger partial charge in [-0.25, -0.2) is 9.97 Å². The van der Waals surface area contributed by atoms with Crippen LogP contribution in [-0.2, 0) is 9.53 Å². The van der Waals surface area contributed by atoms with E-state index in [9.17, 15) is 4.79 Å². The predicted molar refractivity (Wildman–Crippen MR) is 99.7 cm³/mol. The van der Waals surface area contributed by atoms with Gasteiger partial charge in [0.2, 0.25) is 11.9 Å². The molecule has 6 heteroatoms. The molecule has 0 aliphatic carbocycles. The standard InChI is InChI=1S/C20H28N4O2/c1-2-3-4-5-7-18(25)23-12-15-16-13-24(19-21-10-6-11-22-19)14-20(16)9-8-17(15)26-20/h2-3,6,10-11,15-17H,4-5,7-9,12-14H2,1H3,(H,23,25)/t15-,16+,17+,20+/m0/s1. The smallest absolute Gasteiger partial charge is 0.225 e. The topological polar surface area (TPSA) is 67.4 Å². The number of carbonyl (C=O) groups excluding carboxylic acids is 1. The highest BCUT2D eigenvalue weighted by Gasteiger charge is 2.63. The molecule has 0 unspecified atom stereocenters. The minimum atomic E-state index is -0.0643. The zero-order valence-corrected chi connectivity index (χ0v) is 15.4. The van der Waals surface area contributed by atoms with E-state index in [4.69, 9.17) is 4.74 Å². The molecule has 1 spiro atoms. The van der Waals surface area contributed by atoms with E-state index in [0.717, 1.165) is 51.3 Å². The minimum absolute atomic E-state index is 0.0643. The average molecular weight is 356 g/mol. The minimum Gasteiger partial charge on any atom is -0.369 e. The number of ether oxygens (including phenoxy) is 1. The van der Waals surface area contributed by atoms with Crippen molar-refractivity contribution in [3.05, 3.63) is 30.6 Å². The number of anilines is 1. The molecular formula is C20H28N4O2. The highest BCUT2D eigenvalue weighted by Crippen LogP contribution is 2.54. The van der Waals surface area contributed by atoms with Crippen molar-refractivity contribution in [3.63, 3.8) is 0 Å². The van der Waals surface area contributed by atoms with Crippen LogP contribution in [0.5, 0.6) is 0 Å². The number of allylic oxidation sites excluding steroid dienone is 2. The number of unbranched alkanes of at least 4 members (excludes halogenated alkanes) is 1. The predicted octanol–water partition coefficient (Wildman–Crippen LogP) is 2.32. The molecule has 1 aromatic heterocycles. The Bertz CT molecular complexity index is 665. The van der Waals surface area contributed by atoms with E-state index in [0.29, 0.717) is 24.4 Å². The average Bonchev–Trinajstić information content (AvgIpc) is 3.33. The molecule has 4 heterocycles. The third kappa shape index (κ3) is 3.22. The van der Waals surface area contributed by atoms with Gasteiger partial charge in [0.1, 0.15) is 0 Å². The molecule has 0 saturated carbocycles. The zero-order valence-electron chi connectivity index (χ0n) is 15.4. The van der Waals surface area contributed by atoms with Crippen LogP contribution >= 0.6 is 0 Å². The van der Waals surface area contributed by atoms with Crippen LogP contribution in [0.1, 0.15) is 39.0 Å². The SMILES string of the molecule is CC=CCCCC(=O)NC[C@H]1[C@H]2CN(c3ncccn3)C[C@]23CC[C@H]1O3. The first-order valence-corrected chi connectivity index (χ1v) is 9.79. The summed E-state index contributed by atoms with van der Waals surface area (Å²) in [5.41, 5.74) is -0.0643. The Kier molecular flexibility index (Phi) is 4.94. The van der Waals surface area contributed by atoms with Gasteiger partial charge in [-0.1, -0.05) is 12.2 Å². The first kappa shape index (κ1) is 17.5. The molecular weight excluding hydrogens is 328 g/mol. The molecule has 26 heavy (non-hydrogen) atoms. The van der Waals surface area contributed by atoms with E-state index in [1.165, 1.54) is 0 Å². The van der Waals surface area contributed by atoms with Gasteiger partial charge in [0, 0.05) is 43.7 Å². The highest BCUT2D eigenvalue weighted by molar-refractivity contribution is 5.75. The second kappa shape index (κ2) is 7.35. The summed E-state index contributed by atoms with van der Waals surface area (Å²) in [5.74, 6) is 1.80. The van der Waals surface area contributed by atoms with Crippen molar-refractivity contribution >= 4 is 11.9 Å². The molecule has 1 N–H and O–H groups in total. The number of hydrogen-bond donors (Lipinski definition) is 1. The molecule has 2 bridgehead atoms. The Hall–Kier alpha value is -1.95. The molecule has 140 valence electrons. The summed E-state index contributed by atoms with van der Waals surface area (Å²) in [5, 5.41) is 3.16. The number of carbonyl (C=O) groups is 1. The summed E-state index contributed by atoms with van der Waals surface area (Å²) in [6, 6.07) is 1.84. The molecule has 0 radical (unpaired) electrons. The third-order valence-electron chi connectivity index (χ3n) is 6.16. The van der Waals surface area contributed by atoms with E-state index in [1.54, 1.807) is 12.4 Å². The fourth-order valence-electron chi connectivity index (χ4n) is 4.94.